The van der Waals surface area contributed by atoms with Gasteiger partial charge in [-0.3, -0.25) is 9.69 Å². The number of carbonyl (C=O) groups excluding carboxylic acids is 2. The van der Waals surface area contributed by atoms with E-state index < -0.39 is 6.04 Å². The number of piperidine rings is 1. The Morgan fingerprint density at radius 2 is 2.08 bits per heavy atom. The molecule has 2 atom stereocenters. The highest BCUT2D eigenvalue weighted by atomic mass is 79.9. The largest absolute Gasteiger partial charge is 0.463 e. The van der Waals surface area contributed by atoms with E-state index in [1.165, 1.54) is 12.1 Å². The second-order valence-corrected chi connectivity index (χ2v) is 7.90. The lowest BCUT2D eigenvalue weighted by Crippen LogP contribution is -2.42. The van der Waals surface area contributed by atoms with Crippen molar-refractivity contribution in [3.63, 3.8) is 0 Å². The van der Waals surface area contributed by atoms with Gasteiger partial charge in [0.1, 0.15) is 5.82 Å². The topological polar surface area (TPSA) is 46.6 Å². The third kappa shape index (κ3) is 4.41. The summed E-state index contributed by atoms with van der Waals surface area (Å²) in [4.78, 5) is 26.8. The number of ketones is 1. The summed E-state index contributed by atoms with van der Waals surface area (Å²) in [5, 5.41) is 0. The third-order valence-corrected chi connectivity index (χ3v) is 5.91. The number of halogens is 2. The molecule has 1 aromatic rings. The van der Waals surface area contributed by atoms with Crippen molar-refractivity contribution in [2.75, 3.05) is 19.7 Å². The second-order valence-electron chi connectivity index (χ2n) is 6.80. The zero-order valence-corrected chi connectivity index (χ0v) is 16.4. The minimum Gasteiger partial charge on any atom is -0.463 e. The number of ether oxygens (including phenoxy) is 1. The van der Waals surface area contributed by atoms with E-state index in [0.29, 0.717) is 25.3 Å². The van der Waals surface area contributed by atoms with Crippen LogP contribution in [-0.2, 0) is 14.3 Å². The monoisotopic (exact) mass is 423 g/mol. The number of hydrogen-bond donors (Lipinski definition) is 0. The maximum absolute atomic E-state index is 14.4. The predicted octanol–water partition coefficient (Wildman–Crippen LogP) is 3.80. The Labute approximate surface area is 161 Å². The van der Waals surface area contributed by atoms with E-state index >= 15 is 0 Å². The lowest BCUT2D eigenvalue weighted by Gasteiger charge is -2.37. The Morgan fingerprint density at radius 3 is 2.73 bits per heavy atom. The molecule has 1 aliphatic carbocycles. The van der Waals surface area contributed by atoms with E-state index in [0.717, 1.165) is 24.8 Å². The molecule has 1 heterocycles. The van der Waals surface area contributed by atoms with Crippen molar-refractivity contribution in [3.8, 4) is 0 Å². The summed E-state index contributed by atoms with van der Waals surface area (Å²) in [6.45, 7) is 3.18. The first-order valence-electron chi connectivity index (χ1n) is 9.04. The van der Waals surface area contributed by atoms with Crippen molar-refractivity contribution in [2.24, 2.45) is 5.92 Å². The second kappa shape index (κ2) is 8.44. The van der Waals surface area contributed by atoms with E-state index in [4.69, 9.17) is 4.74 Å². The molecule has 0 aromatic heterocycles. The average Bonchev–Trinajstić information content (AvgIpc) is 3.45. The van der Waals surface area contributed by atoms with Crippen LogP contribution in [0.1, 0.15) is 37.8 Å². The Bertz CT molecular complexity index is 717. The Balaban J connectivity index is 1.88. The molecule has 140 valence electrons. The van der Waals surface area contributed by atoms with E-state index in [9.17, 15) is 14.0 Å². The first-order chi connectivity index (χ1) is 12.5. The number of Topliss-reactive ketones (excluding diaryl/α,β-unsaturated/α-hetero) is 1. The summed E-state index contributed by atoms with van der Waals surface area (Å²) < 4.78 is 19.5. The molecule has 0 bridgehead atoms. The van der Waals surface area contributed by atoms with Crippen LogP contribution in [0.15, 0.2) is 35.9 Å². The van der Waals surface area contributed by atoms with Crippen LogP contribution in [0.4, 0.5) is 4.39 Å². The average molecular weight is 424 g/mol. The highest BCUT2D eigenvalue weighted by Gasteiger charge is 2.41. The van der Waals surface area contributed by atoms with Crippen molar-refractivity contribution in [1.82, 2.24) is 4.90 Å². The van der Waals surface area contributed by atoms with Crippen LogP contribution in [0.5, 0.6) is 0 Å². The van der Waals surface area contributed by atoms with Crippen LogP contribution < -0.4 is 0 Å². The molecular formula is C20H23BrFNO3. The van der Waals surface area contributed by atoms with E-state index in [1.54, 1.807) is 25.1 Å². The standard InChI is InChI=1S/C20H23BrFNO3/c1-2-26-18(24)11-14-12-23(10-9-16(14)21)19(20(25)13-7-8-13)15-5-3-4-6-17(15)22/h3-6,11,13,16,19H,2,7-10,12H2,1H3/b14-11-. The molecule has 1 saturated carbocycles. The third-order valence-electron chi connectivity index (χ3n) is 4.86. The number of rotatable bonds is 6. The van der Waals surface area contributed by atoms with E-state index in [-0.39, 0.29) is 28.3 Å². The molecular weight excluding hydrogens is 401 g/mol. The number of alkyl halides is 1. The fraction of sp³-hybridized carbons (Fsp3) is 0.500. The number of nitrogens with zero attached hydrogens (tertiary/aromatic N) is 1. The molecule has 0 radical (unpaired) electrons. The van der Waals surface area contributed by atoms with Crippen molar-refractivity contribution in [1.29, 1.82) is 0 Å². The summed E-state index contributed by atoms with van der Waals surface area (Å²) in [6.07, 6.45) is 4.00. The van der Waals surface area contributed by atoms with Crippen LogP contribution in [0.3, 0.4) is 0 Å². The van der Waals surface area contributed by atoms with Gasteiger partial charge in [-0.2, -0.15) is 0 Å². The zero-order chi connectivity index (χ0) is 18.7. The quantitative estimate of drug-likeness (QED) is 0.396. The van der Waals surface area contributed by atoms with Crippen molar-refractivity contribution >= 4 is 27.7 Å². The summed E-state index contributed by atoms with van der Waals surface area (Å²) >= 11 is 3.60. The van der Waals surface area contributed by atoms with Crippen LogP contribution in [-0.4, -0.2) is 41.2 Å². The van der Waals surface area contributed by atoms with Crippen LogP contribution >= 0.6 is 15.9 Å². The summed E-state index contributed by atoms with van der Waals surface area (Å²) in [5.41, 5.74) is 1.28. The zero-order valence-electron chi connectivity index (χ0n) is 14.8. The Hall–Kier alpha value is -1.53. The minimum absolute atomic E-state index is 0.0267. The van der Waals surface area contributed by atoms with Crippen molar-refractivity contribution < 1.29 is 18.7 Å². The molecule has 2 fully saturated rings. The molecule has 3 rings (SSSR count). The summed E-state index contributed by atoms with van der Waals surface area (Å²) in [6, 6.07) is 5.88. The molecule has 0 spiro atoms. The molecule has 2 unspecified atom stereocenters. The fourth-order valence-corrected chi connectivity index (χ4v) is 3.87. The van der Waals surface area contributed by atoms with Gasteiger partial charge in [0.25, 0.3) is 0 Å². The molecule has 2 aliphatic rings. The highest BCUT2D eigenvalue weighted by Crippen LogP contribution is 2.39. The van der Waals surface area contributed by atoms with Crippen LogP contribution in [0, 0.1) is 11.7 Å². The van der Waals surface area contributed by atoms with Gasteiger partial charge >= 0.3 is 5.97 Å². The molecule has 1 aliphatic heterocycles. The maximum atomic E-state index is 14.4. The molecule has 0 N–H and O–H groups in total. The van der Waals surface area contributed by atoms with Gasteiger partial charge in [-0.05, 0) is 37.8 Å². The molecule has 6 heteroatoms. The van der Waals surface area contributed by atoms with Gasteiger partial charge in [0, 0.05) is 35.5 Å². The normalized spacial score (nSPS) is 23.7. The highest BCUT2D eigenvalue weighted by molar-refractivity contribution is 9.09. The number of likely N-dealkylation sites (tertiary alicyclic amines) is 1. The lowest BCUT2D eigenvalue weighted by atomic mass is 9.94. The van der Waals surface area contributed by atoms with Crippen LogP contribution in [0.25, 0.3) is 0 Å². The molecule has 1 aromatic carbocycles. The molecule has 0 amide bonds. The lowest BCUT2D eigenvalue weighted by molar-refractivity contribution is -0.137. The van der Waals surface area contributed by atoms with E-state index in [2.05, 4.69) is 15.9 Å². The molecule has 4 nitrogen and oxygen atoms in total. The van der Waals surface area contributed by atoms with Gasteiger partial charge in [-0.1, -0.05) is 34.1 Å². The van der Waals surface area contributed by atoms with Gasteiger partial charge in [0.2, 0.25) is 0 Å². The Kier molecular flexibility index (Phi) is 6.24. The molecule has 26 heavy (non-hydrogen) atoms. The smallest absolute Gasteiger partial charge is 0.330 e. The number of carbonyl (C=O) groups is 2. The number of benzene rings is 1. The predicted molar refractivity (Wildman–Crippen MR) is 100 cm³/mol. The van der Waals surface area contributed by atoms with Gasteiger partial charge < -0.3 is 4.74 Å². The van der Waals surface area contributed by atoms with Gasteiger partial charge in [-0.25, -0.2) is 9.18 Å². The van der Waals surface area contributed by atoms with Crippen LogP contribution in [0.2, 0.25) is 0 Å². The summed E-state index contributed by atoms with van der Waals surface area (Å²) in [5.74, 6) is -0.634. The Morgan fingerprint density at radius 1 is 1.35 bits per heavy atom. The summed E-state index contributed by atoms with van der Waals surface area (Å²) in [7, 11) is 0. The van der Waals surface area contributed by atoms with Gasteiger partial charge in [0.05, 0.1) is 12.6 Å². The number of esters is 1. The fourth-order valence-electron chi connectivity index (χ4n) is 3.39. The first kappa shape index (κ1) is 19.2. The minimum atomic E-state index is -0.603. The van der Waals surface area contributed by atoms with Crippen molar-refractivity contribution in [2.45, 2.75) is 37.1 Å². The van der Waals surface area contributed by atoms with Gasteiger partial charge in [0.15, 0.2) is 5.78 Å². The first-order valence-corrected chi connectivity index (χ1v) is 9.96. The van der Waals surface area contributed by atoms with E-state index in [1.807, 2.05) is 4.90 Å². The SMILES string of the molecule is CCOC(=O)/C=C1/CN(C(C(=O)C2CC2)c2ccccc2F)CCC1Br. The van der Waals surface area contributed by atoms with Gasteiger partial charge in [-0.15, -0.1) is 0 Å². The van der Waals surface area contributed by atoms with Crippen molar-refractivity contribution in [3.05, 3.63) is 47.3 Å². The molecule has 1 saturated heterocycles. The maximum Gasteiger partial charge on any atom is 0.330 e. The number of hydrogen-bond acceptors (Lipinski definition) is 4.